The largest absolute Gasteiger partial charge is 0.508 e. The van der Waals surface area contributed by atoms with Gasteiger partial charge in [0.1, 0.15) is 18.4 Å². The quantitative estimate of drug-likeness (QED) is 0.533. The van der Waals surface area contributed by atoms with Crippen LogP contribution in [-0.4, -0.2) is 41.7 Å². The number of nitrogens with zero attached hydrogens (tertiary/aromatic N) is 1. The highest BCUT2D eigenvalue weighted by Crippen LogP contribution is 2.15. The van der Waals surface area contributed by atoms with E-state index < -0.39 is 6.04 Å². The molecule has 0 unspecified atom stereocenters. The van der Waals surface area contributed by atoms with Gasteiger partial charge in [-0.15, -0.1) is 13.2 Å². The molecule has 1 aromatic rings. The third-order valence-electron chi connectivity index (χ3n) is 3.15. The number of ether oxygens (including phenoxy) is 1. The molecular formula is C18H23NO3. The van der Waals surface area contributed by atoms with Crippen molar-refractivity contribution in [1.29, 1.82) is 0 Å². The minimum Gasteiger partial charge on any atom is -0.508 e. The number of hydrogen-bond acceptors (Lipinski definition) is 4. The molecule has 0 aromatic heterocycles. The van der Waals surface area contributed by atoms with Crippen LogP contribution in [0.25, 0.3) is 0 Å². The second-order valence-corrected chi connectivity index (χ2v) is 4.84. The fourth-order valence-electron chi connectivity index (χ4n) is 2.11. The van der Waals surface area contributed by atoms with Gasteiger partial charge in [0.25, 0.3) is 0 Å². The maximum Gasteiger partial charge on any atom is 0.324 e. The first-order valence-corrected chi connectivity index (χ1v) is 7.13. The van der Waals surface area contributed by atoms with E-state index in [4.69, 9.17) is 4.74 Å². The number of esters is 1. The van der Waals surface area contributed by atoms with Crippen LogP contribution >= 0.6 is 0 Å². The van der Waals surface area contributed by atoms with Crippen molar-refractivity contribution in [3.63, 3.8) is 0 Å². The van der Waals surface area contributed by atoms with E-state index in [1.807, 2.05) is 4.90 Å². The van der Waals surface area contributed by atoms with E-state index in [1.54, 1.807) is 42.5 Å². The number of rotatable bonds is 10. The number of phenolic OH excluding ortho intramolecular Hbond substituents is 1. The highest BCUT2D eigenvalue weighted by atomic mass is 16.5. The number of aromatic hydroxyl groups is 1. The maximum absolute atomic E-state index is 12.3. The summed E-state index contributed by atoms with van der Waals surface area (Å²) in [5.74, 6) is -0.111. The summed E-state index contributed by atoms with van der Waals surface area (Å²) in [6.07, 6.45) is 5.51. The van der Waals surface area contributed by atoms with Crippen molar-refractivity contribution in [2.75, 3.05) is 19.7 Å². The molecule has 4 nitrogen and oxygen atoms in total. The van der Waals surface area contributed by atoms with Gasteiger partial charge in [0.05, 0.1) is 0 Å². The summed E-state index contributed by atoms with van der Waals surface area (Å²) in [5, 5.41) is 9.35. The van der Waals surface area contributed by atoms with Crippen LogP contribution in [0.5, 0.6) is 5.75 Å². The molecule has 0 spiro atoms. The average molecular weight is 301 g/mol. The molecule has 0 bridgehead atoms. The number of benzene rings is 1. The van der Waals surface area contributed by atoms with Crippen molar-refractivity contribution >= 4 is 5.97 Å². The number of hydrogen-bond donors (Lipinski definition) is 1. The van der Waals surface area contributed by atoms with Crippen molar-refractivity contribution in [2.24, 2.45) is 0 Å². The zero-order valence-electron chi connectivity index (χ0n) is 12.8. The van der Waals surface area contributed by atoms with Crippen molar-refractivity contribution < 1.29 is 14.6 Å². The Bertz CT molecular complexity index is 498. The van der Waals surface area contributed by atoms with Crippen molar-refractivity contribution in [3.8, 4) is 5.75 Å². The number of carbonyl (C=O) groups is 1. The molecule has 1 atom stereocenters. The molecule has 1 aromatic carbocycles. The van der Waals surface area contributed by atoms with Crippen molar-refractivity contribution in [1.82, 2.24) is 4.90 Å². The molecule has 0 aliphatic rings. The van der Waals surface area contributed by atoms with E-state index in [0.29, 0.717) is 19.5 Å². The van der Waals surface area contributed by atoms with Gasteiger partial charge >= 0.3 is 5.97 Å². The zero-order chi connectivity index (χ0) is 16.4. The first kappa shape index (κ1) is 17.7. The van der Waals surface area contributed by atoms with Gasteiger partial charge in [0.15, 0.2) is 0 Å². The van der Waals surface area contributed by atoms with Crippen LogP contribution < -0.4 is 0 Å². The Morgan fingerprint density at radius 1 is 1.14 bits per heavy atom. The summed E-state index contributed by atoms with van der Waals surface area (Å²) in [4.78, 5) is 14.3. The minimum absolute atomic E-state index is 0.181. The average Bonchev–Trinajstić information content (AvgIpc) is 2.52. The van der Waals surface area contributed by atoms with Gasteiger partial charge in [-0.3, -0.25) is 9.69 Å². The van der Waals surface area contributed by atoms with Crippen LogP contribution in [0.1, 0.15) is 5.56 Å². The summed E-state index contributed by atoms with van der Waals surface area (Å²) in [5.41, 5.74) is 0.941. The summed E-state index contributed by atoms with van der Waals surface area (Å²) in [6.45, 7) is 12.3. The fraction of sp³-hybridized carbons (Fsp3) is 0.278. The van der Waals surface area contributed by atoms with Crippen LogP contribution in [-0.2, 0) is 16.0 Å². The zero-order valence-corrected chi connectivity index (χ0v) is 12.8. The second-order valence-electron chi connectivity index (χ2n) is 4.84. The lowest BCUT2D eigenvalue weighted by Gasteiger charge is -2.28. The van der Waals surface area contributed by atoms with Crippen LogP contribution in [0.4, 0.5) is 0 Å². The predicted octanol–water partition coefficient (Wildman–Crippen LogP) is 2.71. The van der Waals surface area contributed by atoms with Crippen LogP contribution in [0.3, 0.4) is 0 Å². The monoisotopic (exact) mass is 301 g/mol. The van der Waals surface area contributed by atoms with E-state index >= 15 is 0 Å². The summed E-state index contributed by atoms with van der Waals surface area (Å²) in [7, 11) is 0. The Kier molecular flexibility index (Phi) is 7.72. The highest BCUT2D eigenvalue weighted by molar-refractivity contribution is 5.76. The van der Waals surface area contributed by atoms with E-state index in [2.05, 4.69) is 19.7 Å². The lowest BCUT2D eigenvalue weighted by atomic mass is 10.0. The van der Waals surface area contributed by atoms with E-state index in [9.17, 15) is 9.90 Å². The van der Waals surface area contributed by atoms with Crippen molar-refractivity contribution in [2.45, 2.75) is 12.5 Å². The fourth-order valence-corrected chi connectivity index (χ4v) is 2.11. The van der Waals surface area contributed by atoms with E-state index in [-0.39, 0.29) is 18.3 Å². The normalized spacial score (nSPS) is 11.7. The molecule has 0 saturated carbocycles. The first-order chi connectivity index (χ1) is 10.6. The van der Waals surface area contributed by atoms with Crippen molar-refractivity contribution in [3.05, 3.63) is 67.8 Å². The van der Waals surface area contributed by atoms with Gasteiger partial charge in [-0.2, -0.15) is 0 Å². The first-order valence-electron chi connectivity index (χ1n) is 7.13. The molecule has 0 amide bonds. The topological polar surface area (TPSA) is 49.8 Å². The molecule has 22 heavy (non-hydrogen) atoms. The van der Waals surface area contributed by atoms with Gasteiger partial charge in [-0.1, -0.05) is 36.9 Å². The molecule has 0 aliphatic heterocycles. The third-order valence-corrected chi connectivity index (χ3v) is 3.15. The van der Waals surface area contributed by atoms with Gasteiger partial charge in [-0.05, 0) is 24.1 Å². The number of carbonyl (C=O) groups excluding carboxylic acids is 1. The maximum atomic E-state index is 12.3. The molecule has 1 N–H and O–H groups in total. The SMILES string of the molecule is C=CCOC(=O)[C@H](Cc1ccc(O)cc1)N(CC=C)CC=C. The Morgan fingerprint density at radius 3 is 2.23 bits per heavy atom. The second kappa shape index (κ2) is 9.58. The van der Waals surface area contributed by atoms with Crippen LogP contribution in [0.2, 0.25) is 0 Å². The molecule has 4 heteroatoms. The van der Waals surface area contributed by atoms with Crippen LogP contribution in [0, 0.1) is 0 Å². The highest BCUT2D eigenvalue weighted by Gasteiger charge is 2.26. The third kappa shape index (κ3) is 5.58. The summed E-state index contributed by atoms with van der Waals surface area (Å²) in [6, 6.07) is 6.35. The lowest BCUT2D eigenvalue weighted by molar-refractivity contribution is -0.148. The van der Waals surface area contributed by atoms with Gasteiger partial charge in [-0.25, -0.2) is 0 Å². The molecule has 0 saturated heterocycles. The molecule has 0 heterocycles. The molecule has 1 rings (SSSR count). The molecule has 0 aliphatic carbocycles. The lowest BCUT2D eigenvalue weighted by Crippen LogP contribution is -2.44. The molecule has 118 valence electrons. The van der Waals surface area contributed by atoms with Gasteiger partial charge in [0.2, 0.25) is 0 Å². The van der Waals surface area contributed by atoms with Crippen LogP contribution in [0.15, 0.2) is 62.2 Å². The van der Waals surface area contributed by atoms with E-state index in [0.717, 1.165) is 5.56 Å². The molecule has 0 radical (unpaired) electrons. The Morgan fingerprint density at radius 2 is 1.73 bits per heavy atom. The minimum atomic E-state index is -0.444. The Hall–Kier alpha value is -2.33. The molecular weight excluding hydrogens is 278 g/mol. The Balaban J connectivity index is 2.94. The Labute approximate surface area is 132 Å². The van der Waals surface area contributed by atoms with Gasteiger partial charge in [0, 0.05) is 13.1 Å². The predicted molar refractivity (Wildman–Crippen MR) is 88.7 cm³/mol. The molecule has 0 fully saturated rings. The van der Waals surface area contributed by atoms with E-state index in [1.165, 1.54) is 0 Å². The summed E-state index contributed by atoms with van der Waals surface area (Å²) >= 11 is 0. The van der Waals surface area contributed by atoms with Gasteiger partial charge < -0.3 is 9.84 Å². The number of phenols is 1. The smallest absolute Gasteiger partial charge is 0.324 e. The standard InChI is InChI=1S/C18H23NO3/c1-4-11-19(12-5-2)17(18(21)22-13-6-3)14-15-7-9-16(20)10-8-15/h4-10,17,20H,1-3,11-14H2/t17-/m0/s1. The summed E-state index contributed by atoms with van der Waals surface area (Å²) < 4.78 is 5.21.